The SMILES string of the molecule is Cn1c2c(c3ccc(-c4c(-c5ccc(C(F)(F)F)cn5)cc[nH]c4=O)cc31)CCN(C(=O)O)CC2. The molecule has 0 radical (unpaired) electrons. The second-order valence-electron chi connectivity index (χ2n) is 8.51. The summed E-state index contributed by atoms with van der Waals surface area (Å²) in [4.78, 5) is 32.3. The molecule has 7 nitrogen and oxygen atoms in total. The van der Waals surface area contributed by atoms with E-state index >= 15 is 0 Å². The van der Waals surface area contributed by atoms with E-state index in [1.807, 2.05) is 23.7 Å². The van der Waals surface area contributed by atoms with Gasteiger partial charge in [-0.1, -0.05) is 12.1 Å². The molecule has 0 aliphatic carbocycles. The van der Waals surface area contributed by atoms with Crippen molar-refractivity contribution < 1.29 is 23.1 Å². The van der Waals surface area contributed by atoms with Gasteiger partial charge in [-0.3, -0.25) is 9.78 Å². The van der Waals surface area contributed by atoms with Crippen molar-refractivity contribution in [2.75, 3.05) is 13.1 Å². The largest absolute Gasteiger partial charge is 0.465 e. The van der Waals surface area contributed by atoms with Crippen LogP contribution in [0.25, 0.3) is 33.3 Å². The molecule has 1 aromatic carbocycles. The van der Waals surface area contributed by atoms with Crippen molar-refractivity contribution in [3.05, 3.63) is 76.0 Å². The first-order valence-corrected chi connectivity index (χ1v) is 11.0. The highest BCUT2D eigenvalue weighted by atomic mass is 19.4. The third kappa shape index (κ3) is 3.94. The maximum absolute atomic E-state index is 13.0. The lowest BCUT2D eigenvalue weighted by Crippen LogP contribution is -2.31. The lowest BCUT2D eigenvalue weighted by Gasteiger charge is -2.16. The zero-order valence-corrected chi connectivity index (χ0v) is 18.7. The number of carbonyl (C=O) groups is 1. The number of aromatic nitrogens is 3. The van der Waals surface area contributed by atoms with Crippen LogP contribution in [0, 0.1) is 0 Å². The molecule has 0 saturated carbocycles. The first-order chi connectivity index (χ1) is 16.6. The van der Waals surface area contributed by atoms with Crippen LogP contribution in [0.1, 0.15) is 16.8 Å². The van der Waals surface area contributed by atoms with E-state index in [2.05, 4.69) is 9.97 Å². The van der Waals surface area contributed by atoms with E-state index in [4.69, 9.17) is 0 Å². The quantitative estimate of drug-likeness (QED) is 0.434. The highest BCUT2D eigenvalue weighted by Gasteiger charge is 2.31. The molecule has 1 aliphatic rings. The van der Waals surface area contributed by atoms with Gasteiger partial charge in [-0.2, -0.15) is 13.2 Å². The van der Waals surface area contributed by atoms with Crippen LogP contribution in [0.15, 0.2) is 53.6 Å². The normalized spacial score (nSPS) is 14.1. The third-order valence-electron chi connectivity index (χ3n) is 6.57. The number of hydrogen-bond donors (Lipinski definition) is 2. The molecule has 2 N–H and O–H groups in total. The predicted molar refractivity (Wildman–Crippen MR) is 124 cm³/mol. The fraction of sp³-hybridized carbons (Fsp3) is 0.240. The Hall–Kier alpha value is -4.08. The zero-order chi connectivity index (χ0) is 24.9. The van der Waals surface area contributed by atoms with Gasteiger partial charge in [-0.05, 0) is 41.8 Å². The summed E-state index contributed by atoms with van der Waals surface area (Å²) in [5.74, 6) is 0. The Morgan fingerprint density at radius 2 is 1.89 bits per heavy atom. The lowest BCUT2D eigenvalue weighted by atomic mass is 9.97. The van der Waals surface area contributed by atoms with E-state index in [-0.39, 0.29) is 11.3 Å². The monoisotopic (exact) mass is 482 g/mol. The number of nitrogens with zero attached hydrogens (tertiary/aromatic N) is 3. The van der Waals surface area contributed by atoms with Crippen LogP contribution in [0.3, 0.4) is 0 Å². The summed E-state index contributed by atoms with van der Waals surface area (Å²) in [7, 11) is 1.91. The number of carboxylic acid groups (broad SMARTS) is 1. The number of rotatable bonds is 2. The number of aromatic amines is 1. The molecule has 0 fully saturated rings. The molecule has 35 heavy (non-hydrogen) atoms. The van der Waals surface area contributed by atoms with Gasteiger partial charge in [0.05, 0.1) is 16.8 Å². The van der Waals surface area contributed by atoms with Crippen molar-refractivity contribution in [1.82, 2.24) is 19.4 Å². The molecule has 3 aromatic heterocycles. The van der Waals surface area contributed by atoms with E-state index in [1.165, 1.54) is 17.2 Å². The molecular formula is C25H21F3N4O3. The van der Waals surface area contributed by atoms with Crippen LogP contribution in [-0.2, 0) is 26.1 Å². The van der Waals surface area contributed by atoms with Crippen molar-refractivity contribution in [3.63, 3.8) is 0 Å². The molecule has 4 heterocycles. The molecule has 0 bridgehead atoms. The van der Waals surface area contributed by atoms with Crippen LogP contribution < -0.4 is 5.56 Å². The van der Waals surface area contributed by atoms with Crippen LogP contribution >= 0.6 is 0 Å². The van der Waals surface area contributed by atoms with Crippen LogP contribution in [0.5, 0.6) is 0 Å². The van der Waals surface area contributed by atoms with Crippen LogP contribution in [0.2, 0.25) is 0 Å². The molecule has 0 unspecified atom stereocenters. The number of alkyl halides is 3. The Balaban J connectivity index is 1.60. The summed E-state index contributed by atoms with van der Waals surface area (Å²) in [5, 5.41) is 10.3. The van der Waals surface area contributed by atoms with Crippen molar-refractivity contribution in [3.8, 4) is 22.4 Å². The topological polar surface area (TPSA) is 91.2 Å². The van der Waals surface area contributed by atoms with Gasteiger partial charge in [0.25, 0.3) is 5.56 Å². The van der Waals surface area contributed by atoms with Gasteiger partial charge in [-0.25, -0.2) is 4.79 Å². The molecule has 180 valence electrons. The lowest BCUT2D eigenvalue weighted by molar-refractivity contribution is -0.137. The van der Waals surface area contributed by atoms with Gasteiger partial charge in [0.2, 0.25) is 0 Å². The fourth-order valence-electron chi connectivity index (χ4n) is 4.81. The number of aryl methyl sites for hydroxylation is 1. The summed E-state index contributed by atoms with van der Waals surface area (Å²) in [6, 6.07) is 9.44. The number of amides is 1. The van der Waals surface area contributed by atoms with E-state index in [1.54, 1.807) is 12.1 Å². The van der Waals surface area contributed by atoms with Gasteiger partial charge in [-0.15, -0.1) is 0 Å². The number of nitrogens with one attached hydrogen (secondary N) is 1. The number of benzene rings is 1. The van der Waals surface area contributed by atoms with Gasteiger partial charge in [0, 0.05) is 61.1 Å². The van der Waals surface area contributed by atoms with E-state index < -0.39 is 17.8 Å². The summed E-state index contributed by atoms with van der Waals surface area (Å²) < 4.78 is 40.9. The number of hydrogen-bond acceptors (Lipinski definition) is 3. The van der Waals surface area contributed by atoms with E-state index in [0.29, 0.717) is 42.6 Å². The second-order valence-corrected chi connectivity index (χ2v) is 8.51. The minimum absolute atomic E-state index is 0.260. The predicted octanol–water partition coefficient (Wildman–Crippen LogP) is 4.69. The van der Waals surface area contributed by atoms with Gasteiger partial charge < -0.3 is 19.6 Å². The Kier molecular flexibility index (Phi) is 5.38. The van der Waals surface area contributed by atoms with E-state index in [0.717, 1.165) is 34.4 Å². The molecular weight excluding hydrogens is 461 g/mol. The zero-order valence-electron chi connectivity index (χ0n) is 18.7. The van der Waals surface area contributed by atoms with E-state index in [9.17, 15) is 27.9 Å². The maximum Gasteiger partial charge on any atom is 0.417 e. The fourth-order valence-corrected chi connectivity index (χ4v) is 4.81. The summed E-state index contributed by atoms with van der Waals surface area (Å²) in [6.07, 6.45) is -2.06. The van der Waals surface area contributed by atoms with Crippen molar-refractivity contribution in [2.45, 2.75) is 19.0 Å². The molecule has 0 spiro atoms. The second kappa shape index (κ2) is 8.30. The average Bonchev–Trinajstić information content (AvgIpc) is 2.96. The highest BCUT2D eigenvalue weighted by Crippen LogP contribution is 2.35. The minimum atomic E-state index is -4.50. The molecule has 1 amide bonds. The minimum Gasteiger partial charge on any atom is -0.465 e. The Labute approximate surface area is 197 Å². The maximum atomic E-state index is 13.0. The Morgan fingerprint density at radius 3 is 2.57 bits per heavy atom. The molecule has 0 atom stereocenters. The molecule has 1 aliphatic heterocycles. The first kappa shape index (κ1) is 22.7. The van der Waals surface area contributed by atoms with Gasteiger partial charge in [0.15, 0.2) is 0 Å². The summed E-state index contributed by atoms with van der Waals surface area (Å²) in [6.45, 7) is 0.812. The van der Waals surface area contributed by atoms with Crippen molar-refractivity contribution in [1.29, 1.82) is 0 Å². The molecule has 5 rings (SSSR count). The number of halogens is 3. The van der Waals surface area contributed by atoms with Crippen LogP contribution in [-0.4, -0.2) is 43.7 Å². The third-order valence-corrected chi connectivity index (χ3v) is 6.57. The molecule has 10 heteroatoms. The van der Waals surface area contributed by atoms with Gasteiger partial charge in [0.1, 0.15) is 0 Å². The summed E-state index contributed by atoms with van der Waals surface area (Å²) >= 11 is 0. The van der Waals surface area contributed by atoms with Crippen molar-refractivity contribution in [2.24, 2.45) is 7.05 Å². The molecule has 0 saturated heterocycles. The standard InChI is InChI=1S/C25H21F3N4O3/c1-31-20-8-11-32(24(34)35)10-7-17(20)16-4-2-14(12-21(16)31)22-18(6-9-29-23(22)33)19-5-3-15(13-30-19)25(26,27)28/h2-6,9,12-13H,7-8,10-11H2,1H3,(H,29,33)(H,34,35). The summed E-state index contributed by atoms with van der Waals surface area (Å²) in [5.41, 5.74) is 3.40. The molecule has 4 aromatic rings. The smallest absolute Gasteiger partial charge is 0.417 e. The number of pyridine rings is 2. The van der Waals surface area contributed by atoms with Gasteiger partial charge >= 0.3 is 12.3 Å². The van der Waals surface area contributed by atoms with Crippen molar-refractivity contribution >= 4 is 17.0 Å². The Morgan fingerprint density at radius 1 is 1.11 bits per heavy atom. The van der Waals surface area contributed by atoms with Crippen LogP contribution in [0.4, 0.5) is 18.0 Å². The number of H-pyrrole nitrogens is 1. The highest BCUT2D eigenvalue weighted by molar-refractivity contribution is 5.92. The first-order valence-electron chi connectivity index (χ1n) is 11.0. The Bertz CT molecular complexity index is 1500. The average molecular weight is 482 g/mol. The number of fused-ring (bicyclic) bond motifs is 3.